The van der Waals surface area contributed by atoms with Crippen LogP contribution in [-0.2, 0) is 9.53 Å². The molecule has 8 heteroatoms. The van der Waals surface area contributed by atoms with Gasteiger partial charge in [0.2, 0.25) is 5.91 Å². The molecule has 0 aromatic carbocycles. The smallest absolute Gasteiger partial charge is 0.219 e. The number of halogens is 1. The van der Waals surface area contributed by atoms with Gasteiger partial charge in [0, 0.05) is 39.1 Å². The van der Waals surface area contributed by atoms with Gasteiger partial charge in [0.05, 0.1) is 24.2 Å². The maximum absolute atomic E-state index is 14.8. The van der Waals surface area contributed by atoms with E-state index in [2.05, 4.69) is 10.1 Å². The van der Waals surface area contributed by atoms with Crippen molar-refractivity contribution in [2.24, 2.45) is 0 Å². The first-order valence-corrected chi connectivity index (χ1v) is 8.73. The van der Waals surface area contributed by atoms with Gasteiger partial charge in [-0.2, -0.15) is 5.10 Å². The second kappa shape index (κ2) is 6.68. The lowest BCUT2D eigenvalue weighted by atomic mass is 9.94. The summed E-state index contributed by atoms with van der Waals surface area (Å²) in [7, 11) is 0. The molecule has 0 aliphatic carbocycles. The summed E-state index contributed by atoms with van der Waals surface area (Å²) in [5.74, 6) is 0.511. The number of alkyl halides is 1. The molecule has 0 radical (unpaired) electrons. The zero-order valence-corrected chi connectivity index (χ0v) is 14.6. The van der Waals surface area contributed by atoms with Crippen LogP contribution in [-0.4, -0.2) is 57.5 Å². The van der Waals surface area contributed by atoms with Crippen LogP contribution in [0.4, 0.5) is 4.39 Å². The van der Waals surface area contributed by atoms with Crippen molar-refractivity contribution in [3.05, 3.63) is 30.6 Å². The van der Waals surface area contributed by atoms with Gasteiger partial charge in [-0.25, -0.2) is 9.07 Å². The molecule has 0 saturated carbocycles. The van der Waals surface area contributed by atoms with Crippen molar-refractivity contribution in [3.8, 4) is 17.1 Å². The molecule has 2 aliphatic rings. The average molecular weight is 360 g/mol. The lowest BCUT2D eigenvalue weighted by Gasteiger charge is -2.35. The highest BCUT2D eigenvalue weighted by atomic mass is 19.1. The fourth-order valence-corrected chi connectivity index (χ4v) is 3.13. The number of hydrogen-bond acceptors (Lipinski definition) is 5. The van der Waals surface area contributed by atoms with Crippen LogP contribution < -0.4 is 4.74 Å². The van der Waals surface area contributed by atoms with Crippen molar-refractivity contribution in [2.45, 2.75) is 31.7 Å². The number of hydrogen-bond donors (Lipinski definition) is 0. The van der Waals surface area contributed by atoms with Crippen LogP contribution in [0.1, 0.15) is 26.0 Å². The number of carbonyl (C=O) groups excluding carboxylic acids is 1. The number of piperidine rings is 1. The van der Waals surface area contributed by atoms with Crippen molar-refractivity contribution >= 4 is 5.91 Å². The van der Waals surface area contributed by atoms with Crippen LogP contribution in [0.5, 0.6) is 5.75 Å². The summed E-state index contributed by atoms with van der Waals surface area (Å²) in [4.78, 5) is 17.4. The lowest BCUT2D eigenvalue weighted by Crippen LogP contribution is -2.46. The van der Waals surface area contributed by atoms with E-state index in [4.69, 9.17) is 9.47 Å². The second-order valence-electron chi connectivity index (χ2n) is 6.77. The number of carbonyl (C=O) groups is 1. The molecule has 2 saturated heterocycles. The number of likely N-dealkylation sites (tertiary alicyclic amines) is 1. The Labute approximate surface area is 150 Å². The summed E-state index contributed by atoms with van der Waals surface area (Å²) in [5.41, 5.74) is 0.222. The Morgan fingerprint density at radius 2 is 2.15 bits per heavy atom. The van der Waals surface area contributed by atoms with E-state index in [9.17, 15) is 9.18 Å². The van der Waals surface area contributed by atoms with Crippen LogP contribution in [0.2, 0.25) is 0 Å². The maximum Gasteiger partial charge on any atom is 0.219 e. The number of epoxide rings is 1. The van der Waals surface area contributed by atoms with Gasteiger partial charge >= 0.3 is 0 Å². The normalized spacial score (nSPS) is 21.5. The molecule has 2 aromatic rings. The standard InChI is InChI=1S/C18H21FN4O3/c1-13(24)22-8-5-18(19,6-9-22)12-26-14-2-3-15(20-10-14)16-4-7-21-23(16)17-11-25-17/h2-4,7,10,17H,5-6,8-9,11-12H2,1H3. The van der Waals surface area contributed by atoms with E-state index in [1.165, 1.54) is 6.92 Å². The number of aromatic nitrogens is 3. The first kappa shape index (κ1) is 17.0. The van der Waals surface area contributed by atoms with Crippen molar-refractivity contribution < 1.29 is 18.7 Å². The quantitative estimate of drug-likeness (QED) is 0.765. The molecular formula is C18H21FN4O3. The molecule has 2 aliphatic heterocycles. The molecule has 0 N–H and O–H groups in total. The van der Waals surface area contributed by atoms with Gasteiger partial charge in [0.1, 0.15) is 18.0 Å². The zero-order chi connectivity index (χ0) is 18.1. The minimum absolute atomic E-state index is 0.00927. The van der Waals surface area contributed by atoms with E-state index in [1.807, 2.05) is 12.1 Å². The van der Waals surface area contributed by atoms with Crippen LogP contribution in [0.25, 0.3) is 11.4 Å². The molecule has 7 nitrogen and oxygen atoms in total. The van der Waals surface area contributed by atoms with Gasteiger partial charge in [0.25, 0.3) is 0 Å². The fraction of sp³-hybridized carbons (Fsp3) is 0.500. The van der Waals surface area contributed by atoms with Gasteiger partial charge in [0.15, 0.2) is 6.23 Å². The Morgan fingerprint density at radius 3 is 2.77 bits per heavy atom. The van der Waals surface area contributed by atoms with Gasteiger partial charge in [-0.1, -0.05) is 0 Å². The van der Waals surface area contributed by atoms with Crippen LogP contribution in [0.15, 0.2) is 30.6 Å². The lowest BCUT2D eigenvalue weighted by molar-refractivity contribution is -0.131. The molecule has 4 rings (SSSR count). The highest BCUT2D eigenvalue weighted by Gasteiger charge is 2.36. The SMILES string of the molecule is CC(=O)N1CCC(F)(COc2ccc(-c3ccnn3C3CO3)nc2)CC1. The van der Waals surface area contributed by atoms with E-state index < -0.39 is 5.67 Å². The maximum atomic E-state index is 14.8. The molecule has 2 fully saturated rings. The monoisotopic (exact) mass is 360 g/mol. The largest absolute Gasteiger partial charge is 0.489 e. The zero-order valence-electron chi connectivity index (χ0n) is 14.6. The topological polar surface area (TPSA) is 72.8 Å². The van der Waals surface area contributed by atoms with Crippen molar-refractivity contribution in [3.63, 3.8) is 0 Å². The first-order valence-electron chi connectivity index (χ1n) is 8.73. The Morgan fingerprint density at radius 1 is 1.38 bits per heavy atom. The van der Waals surface area contributed by atoms with Crippen LogP contribution >= 0.6 is 0 Å². The third-order valence-corrected chi connectivity index (χ3v) is 4.86. The number of nitrogens with zero attached hydrogens (tertiary/aromatic N) is 4. The molecule has 1 amide bonds. The van der Waals surface area contributed by atoms with Gasteiger partial charge in [-0.05, 0) is 18.2 Å². The Kier molecular flexibility index (Phi) is 4.36. The molecule has 1 atom stereocenters. The van der Waals surface area contributed by atoms with Crippen molar-refractivity contribution in [1.82, 2.24) is 19.7 Å². The highest BCUT2D eigenvalue weighted by molar-refractivity contribution is 5.73. The third kappa shape index (κ3) is 3.55. The number of rotatable bonds is 5. The van der Waals surface area contributed by atoms with Gasteiger partial charge in [-0.3, -0.25) is 9.78 Å². The number of ether oxygens (including phenoxy) is 2. The first-order chi connectivity index (χ1) is 12.5. The van der Waals surface area contributed by atoms with Crippen molar-refractivity contribution in [1.29, 1.82) is 0 Å². The fourth-order valence-electron chi connectivity index (χ4n) is 3.13. The molecule has 138 valence electrons. The molecule has 1 unspecified atom stereocenters. The molecule has 0 spiro atoms. The minimum Gasteiger partial charge on any atom is -0.489 e. The summed E-state index contributed by atoms with van der Waals surface area (Å²) in [5, 5.41) is 4.24. The Hall–Kier alpha value is -2.48. The summed E-state index contributed by atoms with van der Waals surface area (Å²) in [6.45, 7) is 3.00. The minimum atomic E-state index is -1.41. The summed E-state index contributed by atoms with van der Waals surface area (Å²) in [6.07, 6.45) is 3.87. The highest BCUT2D eigenvalue weighted by Crippen LogP contribution is 2.30. The molecule has 4 heterocycles. The number of pyridine rings is 1. The average Bonchev–Trinajstić information content (AvgIpc) is 3.38. The van der Waals surface area contributed by atoms with E-state index in [1.54, 1.807) is 28.0 Å². The Bertz CT molecular complexity index is 780. The Balaban J connectivity index is 1.36. The number of amides is 1. The summed E-state index contributed by atoms with van der Waals surface area (Å²) in [6, 6.07) is 5.49. The molecule has 2 aromatic heterocycles. The second-order valence-corrected chi connectivity index (χ2v) is 6.77. The van der Waals surface area contributed by atoms with Crippen LogP contribution in [0, 0.1) is 0 Å². The van der Waals surface area contributed by atoms with E-state index >= 15 is 0 Å². The van der Waals surface area contributed by atoms with Gasteiger partial charge < -0.3 is 14.4 Å². The molecule has 0 bridgehead atoms. The summed E-state index contributed by atoms with van der Waals surface area (Å²) < 4.78 is 27.5. The molecule has 26 heavy (non-hydrogen) atoms. The van der Waals surface area contributed by atoms with E-state index in [0.717, 1.165) is 11.4 Å². The van der Waals surface area contributed by atoms with E-state index in [-0.39, 0.29) is 18.7 Å². The summed E-state index contributed by atoms with van der Waals surface area (Å²) >= 11 is 0. The van der Waals surface area contributed by atoms with E-state index in [0.29, 0.717) is 38.3 Å². The third-order valence-electron chi connectivity index (χ3n) is 4.86. The predicted molar refractivity (Wildman–Crippen MR) is 91.3 cm³/mol. The van der Waals surface area contributed by atoms with Crippen molar-refractivity contribution in [2.75, 3.05) is 26.3 Å². The predicted octanol–water partition coefficient (Wildman–Crippen LogP) is 2.20. The van der Waals surface area contributed by atoms with Gasteiger partial charge in [-0.15, -0.1) is 0 Å². The van der Waals surface area contributed by atoms with Crippen LogP contribution in [0.3, 0.4) is 0 Å². The molecular weight excluding hydrogens is 339 g/mol.